The van der Waals surface area contributed by atoms with Gasteiger partial charge in [-0.2, -0.15) is 0 Å². The van der Waals surface area contributed by atoms with E-state index >= 15 is 0 Å². The summed E-state index contributed by atoms with van der Waals surface area (Å²) in [6, 6.07) is 7.70. The lowest BCUT2D eigenvalue weighted by molar-refractivity contribution is -0.137. The molecule has 23 heavy (non-hydrogen) atoms. The van der Waals surface area contributed by atoms with Crippen molar-refractivity contribution in [3.05, 3.63) is 40.9 Å². The number of carbonyl (C=O) groups excluding carboxylic acids is 2. The van der Waals surface area contributed by atoms with E-state index < -0.39 is 5.97 Å². The van der Waals surface area contributed by atoms with Crippen molar-refractivity contribution in [1.82, 2.24) is 9.88 Å². The van der Waals surface area contributed by atoms with E-state index in [0.29, 0.717) is 4.91 Å². The summed E-state index contributed by atoms with van der Waals surface area (Å²) in [7, 11) is 0. The van der Waals surface area contributed by atoms with E-state index in [9.17, 15) is 14.4 Å². The first-order chi connectivity index (χ1) is 11.1. The van der Waals surface area contributed by atoms with E-state index in [0.717, 1.165) is 33.1 Å². The number of amides is 2. The molecule has 7 heteroatoms. The molecule has 0 spiro atoms. The topological polar surface area (TPSA) is 90.5 Å². The molecule has 0 radical (unpaired) electrons. The third kappa shape index (κ3) is 3.14. The van der Waals surface area contributed by atoms with E-state index in [2.05, 4.69) is 4.98 Å². The lowest BCUT2D eigenvalue weighted by atomic mass is 10.1. The Morgan fingerprint density at radius 2 is 2.09 bits per heavy atom. The summed E-state index contributed by atoms with van der Waals surface area (Å²) in [6.45, 7) is 0.127. The Labute approximate surface area is 136 Å². The normalized spacial score (nSPS) is 16.7. The zero-order chi connectivity index (χ0) is 16.4. The van der Waals surface area contributed by atoms with Crippen LogP contribution in [0.15, 0.2) is 35.4 Å². The molecule has 3 rings (SSSR count). The van der Waals surface area contributed by atoms with Crippen LogP contribution in [-0.2, 0) is 9.59 Å². The Morgan fingerprint density at radius 1 is 1.30 bits per heavy atom. The second-order valence-electron chi connectivity index (χ2n) is 5.12. The fourth-order valence-corrected chi connectivity index (χ4v) is 3.29. The van der Waals surface area contributed by atoms with Gasteiger partial charge in [-0.25, -0.2) is 0 Å². The zero-order valence-electron chi connectivity index (χ0n) is 12.1. The molecule has 0 atom stereocenters. The minimum atomic E-state index is -0.939. The monoisotopic (exact) mass is 330 g/mol. The molecule has 2 N–H and O–H groups in total. The largest absolute Gasteiger partial charge is 0.481 e. The number of thioether (sulfide) groups is 1. The summed E-state index contributed by atoms with van der Waals surface area (Å²) in [6.07, 6.45) is 3.68. The summed E-state index contributed by atoms with van der Waals surface area (Å²) >= 11 is 0.885. The first-order valence-electron chi connectivity index (χ1n) is 7.09. The molecule has 6 nitrogen and oxygen atoms in total. The van der Waals surface area contributed by atoms with Gasteiger partial charge < -0.3 is 10.1 Å². The van der Waals surface area contributed by atoms with Gasteiger partial charge >= 0.3 is 5.97 Å². The van der Waals surface area contributed by atoms with E-state index in [-0.39, 0.29) is 30.5 Å². The number of hydrogen-bond acceptors (Lipinski definition) is 4. The summed E-state index contributed by atoms with van der Waals surface area (Å²) in [5, 5.41) is 9.26. The Hall–Kier alpha value is -2.54. The van der Waals surface area contributed by atoms with Crippen LogP contribution in [0.2, 0.25) is 0 Å². The lowest BCUT2D eigenvalue weighted by Gasteiger charge is -2.10. The van der Waals surface area contributed by atoms with Gasteiger partial charge in [-0.3, -0.25) is 19.3 Å². The van der Waals surface area contributed by atoms with Gasteiger partial charge in [0.2, 0.25) is 0 Å². The summed E-state index contributed by atoms with van der Waals surface area (Å²) in [4.78, 5) is 39.4. The molecule has 1 aliphatic heterocycles. The number of aliphatic carboxylic acids is 1. The molecule has 2 amide bonds. The quantitative estimate of drug-likeness (QED) is 0.822. The molecule has 1 saturated heterocycles. The van der Waals surface area contributed by atoms with Crippen molar-refractivity contribution < 1.29 is 19.5 Å². The van der Waals surface area contributed by atoms with Gasteiger partial charge in [0.15, 0.2) is 0 Å². The maximum absolute atomic E-state index is 12.3. The van der Waals surface area contributed by atoms with Gasteiger partial charge in [0.25, 0.3) is 11.1 Å². The van der Waals surface area contributed by atoms with Crippen LogP contribution in [0.5, 0.6) is 0 Å². The predicted molar refractivity (Wildman–Crippen MR) is 87.8 cm³/mol. The predicted octanol–water partition coefficient (Wildman–Crippen LogP) is 3.07. The molecule has 0 saturated carbocycles. The van der Waals surface area contributed by atoms with Crippen LogP contribution in [0.1, 0.15) is 18.4 Å². The van der Waals surface area contributed by atoms with Gasteiger partial charge in [0.1, 0.15) is 0 Å². The minimum Gasteiger partial charge on any atom is -0.481 e. The first kappa shape index (κ1) is 15.4. The minimum absolute atomic E-state index is 0.0662. The van der Waals surface area contributed by atoms with Crippen LogP contribution in [0, 0.1) is 0 Å². The Kier molecular flexibility index (Phi) is 4.20. The summed E-state index contributed by atoms with van der Waals surface area (Å²) < 4.78 is 0. The molecule has 0 unspecified atom stereocenters. The van der Waals surface area contributed by atoms with Crippen molar-refractivity contribution in [3.63, 3.8) is 0 Å². The molecule has 0 bridgehead atoms. The Balaban J connectivity index is 1.80. The number of para-hydroxylation sites is 1. The molecule has 1 aliphatic rings. The lowest BCUT2D eigenvalue weighted by Crippen LogP contribution is -2.29. The molecule has 118 valence electrons. The fraction of sp³-hybridized carbons (Fsp3) is 0.188. The van der Waals surface area contributed by atoms with Crippen LogP contribution >= 0.6 is 11.8 Å². The number of rotatable bonds is 5. The number of nitrogens with one attached hydrogen (secondary N) is 1. The standard InChI is InChI=1S/C16H14N2O4S/c19-14(20)6-3-7-18-15(21)13(23-16(18)22)8-10-9-17-12-5-2-1-4-11(10)12/h1-2,4-5,8-9,17H,3,6-7H2,(H,19,20)/b13-8-. The second kappa shape index (κ2) is 6.29. The van der Waals surface area contributed by atoms with Crippen molar-refractivity contribution in [2.45, 2.75) is 12.8 Å². The molecule has 1 fully saturated rings. The number of carbonyl (C=O) groups is 3. The van der Waals surface area contributed by atoms with E-state index in [1.165, 1.54) is 0 Å². The van der Waals surface area contributed by atoms with Crippen molar-refractivity contribution in [3.8, 4) is 0 Å². The van der Waals surface area contributed by atoms with Crippen LogP contribution in [0.4, 0.5) is 4.79 Å². The number of carboxylic acids is 1. The zero-order valence-corrected chi connectivity index (χ0v) is 12.9. The van der Waals surface area contributed by atoms with E-state index in [4.69, 9.17) is 5.11 Å². The van der Waals surface area contributed by atoms with Crippen molar-refractivity contribution in [1.29, 1.82) is 0 Å². The number of aromatic nitrogens is 1. The van der Waals surface area contributed by atoms with E-state index in [1.807, 2.05) is 24.3 Å². The molecule has 2 aromatic rings. The fourth-order valence-electron chi connectivity index (χ4n) is 2.44. The SMILES string of the molecule is O=C(O)CCCN1C(=O)S/C(=C\c2c[nH]c3ccccc23)C1=O. The molecular weight excluding hydrogens is 316 g/mol. The van der Waals surface area contributed by atoms with Gasteiger partial charge in [-0.15, -0.1) is 0 Å². The van der Waals surface area contributed by atoms with Crippen LogP contribution < -0.4 is 0 Å². The maximum atomic E-state index is 12.3. The Bertz CT molecular complexity index is 824. The number of aromatic amines is 1. The van der Waals surface area contributed by atoms with Gasteiger partial charge in [-0.05, 0) is 30.3 Å². The van der Waals surface area contributed by atoms with Crippen LogP contribution in [-0.4, -0.2) is 38.7 Å². The average Bonchev–Trinajstić information content (AvgIpc) is 3.04. The number of benzene rings is 1. The average molecular weight is 330 g/mol. The number of fused-ring (bicyclic) bond motifs is 1. The molecule has 2 heterocycles. The number of hydrogen-bond donors (Lipinski definition) is 2. The highest BCUT2D eigenvalue weighted by Gasteiger charge is 2.34. The van der Waals surface area contributed by atoms with Crippen molar-refractivity contribution in [2.75, 3.05) is 6.54 Å². The molecular formula is C16H14N2O4S. The molecule has 1 aromatic carbocycles. The number of carboxylic acid groups (broad SMARTS) is 1. The summed E-state index contributed by atoms with van der Waals surface area (Å²) in [5.74, 6) is -1.30. The highest BCUT2D eigenvalue weighted by Crippen LogP contribution is 2.33. The van der Waals surface area contributed by atoms with Gasteiger partial charge in [-0.1, -0.05) is 18.2 Å². The van der Waals surface area contributed by atoms with Gasteiger partial charge in [0, 0.05) is 35.6 Å². The molecule has 1 aromatic heterocycles. The number of imide groups is 1. The number of H-pyrrole nitrogens is 1. The maximum Gasteiger partial charge on any atom is 0.303 e. The van der Waals surface area contributed by atoms with Crippen molar-refractivity contribution in [2.24, 2.45) is 0 Å². The number of nitrogens with zero attached hydrogens (tertiary/aromatic N) is 1. The van der Waals surface area contributed by atoms with Crippen LogP contribution in [0.25, 0.3) is 17.0 Å². The van der Waals surface area contributed by atoms with Gasteiger partial charge in [0.05, 0.1) is 4.91 Å². The van der Waals surface area contributed by atoms with Crippen molar-refractivity contribution >= 4 is 45.9 Å². The smallest absolute Gasteiger partial charge is 0.303 e. The van der Waals surface area contributed by atoms with Crippen LogP contribution in [0.3, 0.4) is 0 Å². The molecule has 0 aliphatic carbocycles. The summed E-state index contributed by atoms with van der Waals surface area (Å²) in [5.41, 5.74) is 1.80. The Morgan fingerprint density at radius 3 is 2.87 bits per heavy atom. The first-order valence-corrected chi connectivity index (χ1v) is 7.91. The highest BCUT2D eigenvalue weighted by molar-refractivity contribution is 8.18. The third-order valence-electron chi connectivity index (χ3n) is 3.55. The van der Waals surface area contributed by atoms with E-state index in [1.54, 1.807) is 12.3 Å². The highest BCUT2D eigenvalue weighted by atomic mass is 32.2. The third-order valence-corrected chi connectivity index (χ3v) is 4.46. The second-order valence-corrected chi connectivity index (χ2v) is 6.11.